The van der Waals surface area contributed by atoms with Crippen molar-refractivity contribution in [3.63, 3.8) is 0 Å². The number of hydrogen-bond acceptors (Lipinski definition) is 9. The number of ether oxygens (including phenoxy) is 4. The van der Waals surface area contributed by atoms with E-state index in [0.717, 1.165) is 22.3 Å². The average molecular weight is 662 g/mol. The molecular formula is C38H36FN5O5. The van der Waals surface area contributed by atoms with Gasteiger partial charge in [-0.1, -0.05) is 84.9 Å². The Hall–Kier alpha value is -5.36. The SMILES string of the molecule is COc1ccc(C(OC[C@H]2O[C@@H](n3cnc4c(NCc5ccccc5)ncnc43)[C@H](F)[C@@H]2O)(c2ccccc2)c2ccc(OC)cc2)cc1. The van der Waals surface area contributed by atoms with Crippen LogP contribution in [-0.2, 0) is 21.6 Å². The average Bonchev–Trinajstić information content (AvgIpc) is 3.72. The van der Waals surface area contributed by atoms with Crippen LogP contribution in [0, 0.1) is 0 Å². The largest absolute Gasteiger partial charge is 0.497 e. The van der Waals surface area contributed by atoms with E-state index in [1.54, 1.807) is 14.2 Å². The van der Waals surface area contributed by atoms with Crippen LogP contribution in [0.4, 0.5) is 10.2 Å². The second kappa shape index (κ2) is 14.0. The van der Waals surface area contributed by atoms with Crippen molar-refractivity contribution in [1.82, 2.24) is 19.5 Å². The first-order chi connectivity index (χ1) is 24.0. The fraction of sp³-hybridized carbons (Fsp3) is 0.237. The zero-order chi connectivity index (χ0) is 33.8. The molecule has 0 radical (unpaired) electrons. The molecule has 10 nitrogen and oxygen atoms in total. The molecule has 0 unspecified atom stereocenters. The van der Waals surface area contributed by atoms with Gasteiger partial charge in [0.1, 0.15) is 35.6 Å². The van der Waals surface area contributed by atoms with E-state index in [0.29, 0.717) is 35.0 Å². The molecule has 11 heteroatoms. The second-order valence-corrected chi connectivity index (χ2v) is 11.7. The second-order valence-electron chi connectivity index (χ2n) is 11.7. The number of aliphatic hydroxyl groups excluding tert-OH is 1. The summed E-state index contributed by atoms with van der Waals surface area (Å²) in [5.74, 6) is 1.88. The lowest BCUT2D eigenvalue weighted by Gasteiger charge is -2.37. The molecule has 1 saturated heterocycles. The van der Waals surface area contributed by atoms with Crippen molar-refractivity contribution in [2.75, 3.05) is 26.1 Å². The highest BCUT2D eigenvalue weighted by Crippen LogP contribution is 2.43. The predicted octanol–water partition coefficient (Wildman–Crippen LogP) is 6.06. The van der Waals surface area contributed by atoms with Gasteiger partial charge in [-0.3, -0.25) is 4.57 Å². The molecular weight excluding hydrogens is 625 g/mol. The molecule has 2 N–H and O–H groups in total. The molecule has 0 bridgehead atoms. The molecule has 2 aromatic heterocycles. The first-order valence-corrected chi connectivity index (χ1v) is 15.9. The number of methoxy groups -OCH3 is 2. The van der Waals surface area contributed by atoms with Gasteiger partial charge in [0.05, 0.1) is 27.2 Å². The molecule has 0 aliphatic carbocycles. The topological polar surface area (TPSA) is 113 Å². The number of anilines is 1. The highest BCUT2D eigenvalue weighted by atomic mass is 19.1. The summed E-state index contributed by atoms with van der Waals surface area (Å²) < 4.78 is 41.5. The highest BCUT2D eigenvalue weighted by Gasteiger charge is 2.48. The summed E-state index contributed by atoms with van der Waals surface area (Å²) in [6.07, 6.45) is -2.63. The maximum Gasteiger partial charge on any atom is 0.173 e. The number of nitrogens with zero attached hydrogens (tertiary/aromatic N) is 4. The number of nitrogens with one attached hydrogen (secondary N) is 1. The normalized spacial score (nSPS) is 19.2. The Morgan fingerprint density at radius 3 is 2.00 bits per heavy atom. The van der Waals surface area contributed by atoms with Crippen LogP contribution in [0.1, 0.15) is 28.5 Å². The molecule has 1 aliphatic heterocycles. The third kappa shape index (κ3) is 6.19. The number of alkyl halides is 1. The summed E-state index contributed by atoms with van der Waals surface area (Å²) in [5, 5.41) is 14.5. The Bertz CT molecular complexity index is 1930. The van der Waals surface area contributed by atoms with Gasteiger partial charge in [-0.05, 0) is 46.5 Å². The first-order valence-electron chi connectivity index (χ1n) is 15.9. The summed E-state index contributed by atoms with van der Waals surface area (Å²) in [7, 11) is 3.22. The van der Waals surface area contributed by atoms with Gasteiger partial charge in [0.15, 0.2) is 29.4 Å². The van der Waals surface area contributed by atoms with Crippen LogP contribution in [0.2, 0.25) is 0 Å². The maximum atomic E-state index is 16.0. The van der Waals surface area contributed by atoms with Crippen molar-refractivity contribution in [1.29, 1.82) is 0 Å². The molecule has 0 amide bonds. The number of aliphatic hydroxyl groups is 1. The lowest BCUT2D eigenvalue weighted by Crippen LogP contribution is -2.39. The minimum Gasteiger partial charge on any atom is -0.497 e. The summed E-state index contributed by atoms with van der Waals surface area (Å²) in [5.41, 5.74) is 3.18. The minimum absolute atomic E-state index is 0.142. The predicted molar refractivity (Wildman–Crippen MR) is 182 cm³/mol. The van der Waals surface area contributed by atoms with Crippen LogP contribution in [0.25, 0.3) is 11.2 Å². The van der Waals surface area contributed by atoms with Crippen LogP contribution in [0.5, 0.6) is 11.5 Å². The van der Waals surface area contributed by atoms with Crippen LogP contribution in [0.3, 0.4) is 0 Å². The van der Waals surface area contributed by atoms with Crippen LogP contribution < -0.4 is 14.8 Å². The molecule has 3 heterocycles. The zero-order valence-corrected chi connectivity index (χ0v) is 27.0. The maximum absolute atomic E-state index is 16.0. The number of hydrogen-bond donors (Lipinski definition) is 2. The number of rotatable bonds is 12. The Kier molecular flexibility index (Phi) is 9.21. The number of imidazole rings is 1. The van der Waals surface area contributed by atoms with Gasteiger partial charge in [0.25, 0.3) is 0 Å². The minimum atomic E-state index is -1.78. The molecule has 0 spiro atoms. The third-order valence-electron chi connectivity index (χ3n) is 8.87. The first kappa shape index (κ1) is 32.2. The summed E-state index contributed by atoms with van der Waals surface area (Å²) in [6.45, 7) is 0.381. The number of fused-ring (bicyclic) bond motifs is 1. The molecule has 7 rings (SSSR count). The Balaban J connectivity index is 1.19. The fourth-order valence-corrected chi connectivity index (χ4v) is 6.30. The zero-order valence-electron chi connectivity index (χ0n) is 27.0. The molecule has 0 saturated carbocycles. The van der Waals surface area contributed by atoms with E-state index in [4.69, 9.17) is 18.9 Å². The lowest BCUT2D eigenvalue weighted by atomic mass is 9.80. The molecule has 1 aliphatic rings. The summed E-state index contributed by atoms with van der Waals surface area (Å²) in [4.78, 5) is 13.2. The van der Waals surface area contributed by atoms with Crippen LogP contribution in [0.15, 0.2) is 122 Å². The molecule has 4 aromatic carbocycles. The smallest absolute Gasteiger partial charge is 0.173 e. The van der Waals surface area contributed by atoms with E-state index in [9.17, 15) is 5.11 Å². The van der Waals surface area contributed by atoms with Gasteiger partial charge in [-0.15, -0.1) is 0 Å². The van der Waals surface area contributed by atoms with Crippen molar-refractivity contribution in [2.24, 2.45) is 0 Å². The fourth-order valence-electron chi connectivity index (χ4n) is 6.30. The highest BCUT2D eigenvalue weighted by molar-refractivity contribution is 5.82. The van der Waals surface area contributed by atoms with Gasteiger partial charge >= 0.3 is 0 Å². The van der Waals surface area contributed by atoms with Gasteiger partial charge in [-0.2, -0.15) is 0 Å². The molecule has 1 fully saturated rings. The number of halogens is 1. The quantitative estimate of drug-likeness (QED) is 0.151. The Morgan fingerprint density at radius 2 is 1.39 bits per heavy atom. The molecule has 49 heavy (non-hydrogen) atoms. The summed E-state index contributed by atoms with van der Waals surface area (Å²) in [6, 6.07) is 34.8. The molecule has 4 atom stereocenters. The van der Waals surface area contributed by atoms with E-state index in [-0.39, 0.29) is 6.61 Å². The van der Waals surface area contributed by atoms with E-state index in [1.165, 1.54) is 17.2 Å². The van der Waals surface area contributed by atoms with Gasteiger partial charge < -0.3 is 29.4 Å². The number of aromatic nitrogens is 4. The van der Waals surface area contributed by atoms with E-state index >= 15 is 4.39 Å². The Labute approximate surface area is 283 Å². The van der Waals surface area contributed by atoms with E-state index < -0.39 is 30.2 Å². The summed E-state index contributed by atoms with van der Waals surface area (Å²) >= 11 is 0. The van der Waals surface area contributed by atoms with E-state index in [2.05, 4.69) is 20.3 Å². The van der Waals surface area contributed by atoms with Crippen LogP contribution >= 0.6 is 0 Å². The molecule has 6 aromatic rings. The third-order valence-corrected chi connectivity index (χ3v) is 8.87. The van der Waals surface area contributed by atoms with Gasteiger partial charge in [0.2, 0.25) is 0 Å². The van der Waals surface area contributed by atoms with Gasteiger partial charge in [0, 0.05) is 6.54 Å². The van der Waals surface area contributed by atoms with Crippen molar-refractivity contribution in [3.8, 4) is 11.5 Å². The van der Waals surface area contributed by atoms with Crippen molar-refractivity contribution in [2.45, 2.75) is 36.8 Å². The molecule has 250 valence electrons. The van der Waals surface area contributed by atoms with Crippen molar-refractivity contribution in [3.05, 3.63) is 144 Å². The van der Waals surface area contributed by atoms with Gasteiger partial charge in [-0.25, -0.2) is 19.3 Å². The van der Waals surface area contributed by atoms with Crippen molar-refractivity contribution >= 4 is 17.0 Å². The number of benzene rings is 4. The monoisotopic (exact) mass is 661 g/mol. The van der Waals surface area contributed by atoms with Crippen molar-refractivity contribution < 1.29 is 28.4 Å². The van der Waals surface area contributed by atoms with Crippen LogP contribution in [-0.4, -0.2) is 63.8 Å². The lowest BCUT2D eigenvalue weighted by molar-refractivity contribution is -0.0935. The van der Waals surface area contributed by atoms with E-state index in [1.807, 2.05) is 109 Å². The standard InChI is InChI=1S/C38H36FN5O5/c1-46-29-17-13-27(14-18-29)38(26-11-7-4-8-12-26,28-15-19-30(47-2)20-16-28)48-22-31-34(45)32(39)37(49-31)44-24-43-33-35(41-23-42-36(33)44)40-21-25-9-5-3-6-10-25/h3-20,23-24,31-32,34,37,45H,21-22H2,1-2H3,(H,40,41,42)/t31-,32-,34-,37-/m1/s1. The Morgan fingerprint density at radius 1 is 0.796 bits per heavy atom.